The molecule has 0 spiro atoms. The second kappa shape index (κ2) is 51.0. The van der Waals surface area contributed by atoms with Gasteiger partial charge in [0, 0.05) is 32.5 Å². The number of carbonyl (C=O) groups is 2. The predicted molar refractivity (Wildman–Crippen MR) is 231 cm³/mol. The fourth-order valence-electron chi connectivity index (χ4n) is 6.29. The van der Waals surface area contributed by atoms with E-state index in [0.29, 0.717) is 19.4 Å². The van der Waals surface area contributed by atoms with Gasteiger partial charge in [-0.3, -0.25) is 14.5 Å². The van der Waals surface area contributed by atoms with Crippen LogP contribution in [0.4, 0.5) is 0 Å². The van der Waals surface area contributed by atoms with Crippen LogP contribution in [-0.2, 0) is 23.9 Å². The quantitative estimate of drug-likeness (QED) is 0.0167. The van der Waals surface area contributed by atoms with Crippen LogP contribution in [0.3, 0.4) is 0 Å². The first kappa shape index (κ1) is 58.3. The van der Waals surface area contributed by atoms with Crippen molar-refractivity contribution >= 4 is 18.3 Å². The molecule has 8 heteroatoms. The average molecular weight is 771 g/mol. The van der Waals surface area contributed by atoms with E-state index in [1.54, 1.807) is 6.41 Å². The summed E-state index contributed by atoms with van der Waals surface area (Å²) in [5.41, 5.74) is 0. The van der Waals surface area contributed by atoms with Crippen LogP contribution in [-0.4, -0.2) is 62.1 Å². The molecule has 55 heavy (non-hydrogen) atoms. The number of carbonyl (C=O) groups excluding carboxylic acids is 3. The molecular formula is C47H91LiN2O5-2. The zero-order valence-corrected chi connectivity index (χ0v) is 37.4. The van der Waals surface area contributed by atoms with Crippen molar-refractivity contribution in [3.8, 4) is 0 Å². The molecule has 7 nitrogen and oxygen atoms in total. The first-order valence-corrected chi connectivity index (χ1v) is 23.2. The Morgan fingerprint density at radius 2 is 0.982 bits per heavy atom. The minimum absolute atomic E-state index is 0. The number of hydrogen-bond acceptors (Lipinski definition) is 6. The van der Waals surface area contributed by atoms with Gasteiger partial charge in [0.25, 0.3) is 0 Å². The van der Waals surface area contributed by atoms with E-state index in [4.69, 9.17) is 9.47 Å². The van der Waals surface area contributed by atoms with Gasteiger partial charge in [-0.05, 0) is 51.5 Å². The summed E-state index contributed by atoms with van der Waals surface area (Å²) in [6.45, 7) is 19.2. The van der Waals surface area contributed by atoms with Crippen molar-refractivity contribution in [1.82, 2.24) is 10.2 Å². The van der Waals surface area contributed by atoms with Gasteiger partial charge >= 0.3 is 30.8 Å². The van der Waals surface area contributed by atoms with Gasteiger partial charge in [0.1, 0.15) is 6.10 Å². The van der Waals surface area contributed by atoms with E-state index in [1.807, 2.05) is 0 Å². The number of hydrogen-bond donors (Lipinski definition) is 1. The maximum Gasteiger partial charge on any atom is 1.00 e. The Morgan fingerprint density at radius 3 is 1.42 bits per heavy atom. The van der Waals surface area contributed by atoms with Crippen LogP contribution < -0.4 is 24.2 Å². The topological polar surface area (TPSA) is 84.7 Å². The van der Waals surface area contributed by atoms with Gasteiger partial charge in [-0.1, -0.05) is 162 Å². The molecule has 322 valence electrons. The molecule has 0 aromatic rings. The Balaban J connectivity index is -0.000000831. The second-order valence-corrected chi connectivity index (χ2v) is 15.5. The minimum atomic E-state index is -0.0133. The molecule has 1 saturated heterocycles. The fourth-order valence-corrected chi connectivity index (χ4v) is 6.29. The molecule has 0 aromatic carbocycles. The van der Waals surface area contributed by atoms with Crippen molar-refractivity contribution < 1.29 is 42.7 Å². The Kier molecular flexibility index (Phi) is 54.0. The molecule has 0 atom stereocenters. The zero-order chi connectivity index (χ0) is 40.0. The van der Waals surface area contributed by atoms with E-state index >= 15 is 0 Å². The molecular weight excluding hydrogens is 679 g/mol. The van der Waals surface area contributed by atoms with Gasteiger partial charge in [-0.25, -0.2) is 0 Å². The van der Waals surface area contributed by atoms with Gasteiger partial charge in [-0.15, -0.1) is 0 Å². The third-order valence-corrected chi connectivity index (χ3v) is 10.00. The summed E-state index contributed by atoms with van der Waals surface area (Å²) >= 11 is 0. The summed E-state index contributed by atoms with van der Waals surface area (Å²) < 4.78 is 11.1. The predicted octanol–water partition coefficient (Wildman–Crippen LogP) is 9.99. The molecule has 0 saturated carbocycles. The summed E-state index contributed by atoms with van der Waals surface area (Å²) in [7, 11) is 0. The van der Waals surface area contributed by atoms with Gasteiger partial charge in [-0.2, -0.15) is 19.3 Å². The van der Waals surface area contributed by atoms with Crippen LogP contribution in [0.5, 0.6) is 0 Å². The summed E-state index contributed by atoms with van der Waals surface area (Å²) in [5.74, 6) is 0.0206. The van der Waals surface area contributed by atoms with Crippen molar-refractivity contribution in [3.63, 3.8) is 0 Å². The first-order valence-electron chi connectivity index (χ1n) is 23.2. The number of amides is 1. The van der Waals surface area contributed by atoms with E-state index < -0.39 is 0 Å². The Bertz CT molecular complexity index is 752. The maximum absolute atomic E-state index is 12.2. The Hall–Kier alpha value is -1.03. The van der Waals surface area contributed by atoms with Crippen molar-refractivity contribution in [2.75, 3.05) is 32.8 Å². The van der Waals surface area contributed by atoms with Crippen LogP contribution in [0, 0.1) is 13.8 Å². The number of rotatable bonds is 39. The van der Waals surface area contributed by atoms with Gasteiger partial charge in [0.15, 0.2) is 0 Å². The van der Waals surface area contributed by atoms with E-state index in [0.717, 1.165) is 70.9 Å². The van der Waals surface area contributed by atoms with Crippen molar-refractivity contribution in [1.29, 1.82) is 0 Å². The molecule has 0 bridgehead atoms. The average Bonchev–Trinajstić information content (AvgIpc) is 4.00. The third kappa shape index (κ3) is 53.0. The number of nitrogens with zero attached hydrogens (tertiary/aromatic N) is 1. The summed E-state index contributed by atoms with van der Waals surface area (Å²) in [6, 6.07) is 0. The summed E-state index contributed by atoms with van der Waals surface area (Å²) in [5, 5.41) is 2.47. The van der Waals surface area contributed by atoms with E-state index in [9.17, 15) is 14.4 Å². The van der Waals surface area contributed by atoms with Crippen molar-refractivity contribution in [3.05, 3.63) is 13.8 Å². The second-order valence-electron chi connectivity index (χ2n) is 15.5. The molecule has 1 aliphatic rings. The molecule has 0 aromatic heterocycles. The third-order valence-electron chi connectivity index (χ3n) is 10.00. The summed E-state index contributed by atoms with van der Waals surface area (Å²) in [6.07, 6.45) is 40.5. The Labute approximate surface area is 355 Å². The SMILES string of the molecule is O=[C-]NCCN1CC1.[CH2-]CCCCCCC(=O)OC(CCCCCCCC)CCCCCCCC.[CH2-]CCCCCCC(=O)OCCCCCCCCC.[Li+]. The number of nitrogens with one attached hydrogen (secondary N) is 1. The van der Waals surface area contributed by atoms with E-state index in [2.05, 4.69) is 44.8 Å². The number of unbranched alkanes of at least 4 members (excludes halogenated alkanes) is 24. The van der Waals surface area contributed by atoms with Gasteiger partial charge in [0.05, 0.1) is 6.61 Å². The molecule has 0 radical (unpaired) electrons. The smallest absolute Gasteiger partial charge is 0.529 e. The molecule has 1 heterocycles. The molecule has 1 N–H and O–H groups in total. The molecule has 1 amide bonds. The Morgan fingerprint density at radius 1 is 0.582 bits per heavy atom. The summed E-state index contributed by atoms with van der Waals surface area (Å²) in [4.78, 5) is 35.4. The number of ether oxygens (including phenoxy) is 2. The first-order chi connectivity index (χ1) is 26.5. The maximum atomic E-state index is 12.2. The minimum Gasteiger partial charge on any atom is -0.529 e. The van der Waals surface area contributed by atoms with Crippen LogP contribution in [0.15, 0.2) is 0 Å². The van der Waals surface area contributed by atoms with E-state index in [1.165, 1.54) is 154 Å². The molecule has 0 aliphatic carbocycles. The number of esters is 2. The largest absolute Gasteiger partial charge is 1.00 e. The van der Waals surface area contributed by atoms with E-state index in [-0.39, 0.29) is 36.9 Å². The standard InChI is InChI=1S/C25H49O2.C17H33O2.C5H9N2O.Li/c1-4-7-10-13-16-18-21-24(22-19-17-14-11-8-5-2)27-25(26)23-20-15-12-9-6-3;1-3-5-7-9-10-12-14-16-19-17(18)15-13-11-8-6-4-2;8-5-6-1-2-7-3-4-7;/h24H,3-23H2,1-2H3;2-16H2,1H3;1-4H2,(H,6,8);/q3*-1;+1. The molecule has 1 rings (SSSR count). The van der Waals surface area contributed by atoms with Crippen LogP contribution >= 0.6 is 0 Å². The fraction of sp³-hybridized carbons (Fsp3) is 0.894. The van der Waals surface area contributed by atoms with Crippen molar-refractivity contribution in [2.45, 2.75) is 239 Å². The molecule has 1 aliphatic heterocycles. The van der Waals surface area contributed by atoms with Gasteiger partial charge < -0.3 is 33.4 Å². The molecule has 0 unspecified atom stereocenters. The zero-order valence-electron chi connectivity index (χ0n) is 37.4. The van der Waals surface area contributed by atoms with Crippen molar-refractivity contribution in [2.24, 2.45) is 0 Å². The molecule has 1 fully saturated rings. The van der Waals surface area contributed by atoms with Gasteiger partial charge in [0.2, 0.25) is 0 Å². The van der Waals surface area contributed by atoms with Crippen LogP contribution in [0.25, 0.3) is 0 Å². The van der Waals surface area contributed by atoms with Crippen LogP contribution in [0.1, 0.15) is 233 Å². The normalized spacial score (nSPS) is 11.8. The van der Waals surface area contributed by atoms with Crippen LogP contribution in [0.2, 0.25) is 0 Å². The monoisotopic (exact) mass is 771 g/mol.